The number of anilines is 1. The van der Waals surface area contributed by atoms with Crippen LogP contribution in [0.4, 0.5) is 5.69 Å². The molecule has 4 heteroatoms. The van der Waals surface area contributed by atoms with Gasteiger partial charge in [0.05, 0.1) is 6.61 Å². The van der Waals surface area contributed by atoms with Crippen LogP contribution < -0.4 is 10.1 Å². The number of rotatable bonds is 6. The Morgan fingerprint density at radius 2 is 2.04 bits per heavy atom. The minimum Gasteiger partial charge on any atom is -0.504 e. The van der Waals surface area contributed by atoms with Crippen molar-refractivity contribution in [3.63, 3.8) is 0 Å². The highest BCUT2D eigenvalue weighted by atomic mass is 16.5. The molecule has 0 saturated carbocycles. The van der Waals surface area contributed by atoms with Crippen LogP contribution in [0.25, 0.3) is 0 Å². The molecule has 140 valence electrons. The average Bonchev–Trinajstić information content (AvgIpc) is 2.62. The molecule has 2 aromatic carbocycles. The number of nitrogens with one attached hydrogen (secondary N) is 1. The second-order valence-corrected chi connectivity index (χ2v) is 7.21. The molecule has 0 aliphatic carbocycles. The second kappa shape index (κ2) is 8.45. The molecule has 26 heavy (non-hydrogen) atoms. The molecule has 1 heterocycles. The Bertz CT molecular complexity index is 745. The largest absolute Gasteiger partial charge is 0.504 e. The highest BCUT2D eigenvalue weighted by Crippen LogP contribution is 2.31. The molecule has 1 aliphatic rings. The summed E-state index contributed by atoms with van der Waals surface area (Å²) in [6, 6.07) is 12.8. The normalized spacial score (nSPS) is 17.9. The second-order valence-electron chi connectivity index (χ2n) is 7.21. The zero-order valence-corrected chi connectivity index (χ0v) is 16.1. The van der Waals surface area contributed by atoms with Gasteiger partial charge in [-0.3, -0.25) is 4.90 Å². The number of phenolic OH excluding ortho intramolecular Hbond substituents is 1. The molecule has 3 rings (SSSR count). The Hall–Kier alpha value is -2.20. The van der Waals surface area contributed by atoms with Gasteiger partial charge in [0.15, 0.2) is 11.5 Å². The van der Waals surface area contributed by atoms with Crippen LogP contribution in [0.1, 0.15) is 36.5 Å². The predicted octanol–water partition coefficient (Wildman–Crippen LogP) is 4.48. The number of nitrogens with zero attached hydrogens (tertiary/aromatic N) is 1. The van der Waals surface area contributed by atoms with Crippen molar-refractivity contribution in [2.75, 3.05) is 25.0 Å². The minimum atomic E-state index is 0.276. The average molecular weight is 354 g/mol. The van der Waals surface area contributed by atoms with Crippen LogP contribution in [0, 0.1) is 13.8 Å². The van der Waals surface area contributed by atoms with E-state index in [4.69, 9.17) is 4.74 Å². The van der Waals surface area contributed by atoms with Crippen molar-refractivity contribution in [3.8, 4) is 11.5 Å². The maximum atomic E-state index is 10.4. The quantitative estimate of drug-likeness (QED) is 0.802. The number of hydrogen-bond donors (Lipinski definition) is 2. The summed E-state index contributed by atoms with van der Waals surface area (Å²) in [6.07, 6.45) is 2.34. The molecule has 0 unspecified atom stereocenters. The summed E-state index contributed by atoms with van der Waals surface area (Å²) in [5.74, 6) is 0.852. The molecule has 1 fully saturated rings. The maximum absolute atomic E-state index is 10.4. The van der Waals surface area contributed by atoms with Gasteiger partial charge in [-0.15, -0.1) is 0 Å². The van der Waals surface area contributed by atoms with E-state index in [9.17, 15) is 5.11 Å². The van der Waals surface area contributed by atoms with Crippen molar-refractivity contribution < 1.29 is 9.84 Å². The van der Waals surface area contributed by atoms with Gasteiger partial charge in [0.1, 0.15) is 0 Å². The summed E-state index contributed by atoms with van der Waals surface area (Å²) in [5, 5.41) is 14.1. The van der Waals surface area contributed by atoms with Crippen LogP contribution in [0.5, 0.6) is 11.5 Å². The molecule has 0 radical (unpaired) electrons. The van der Waals surface area contributed by atoms with E-state index in [-0.39, 0.29) is 5.75 Å². The van der Waals surface area contributed by atoms with Crippen LogP contribution in [-0.2, 0) is 6.54 Å². The first kappa shape index (κ1) is 18.6. The SMILES string of the molecule is CCOc1cccc(CN2CCC[C@@H](Nc3ccc(C)c(C)c3)C2)c1O. The topological polar surface area (TPSA) is 44.7 Å². The van der Waals surface area contributed by atoms with Gasteiger partial charge in [0.2, 0.25) is 0 Å². The van der Waals surface area contributed by atoms with Crippen LogP contribution in [-0.4, -0.2) is 35.7 Å². The fraction of sp³-hybridized carbons (Fsp3) is 0.455. The first-order chi connectivity index (χ1) is 12.6. The molecule has 1 saturated heterocycles. The van der Waals surface area contributed by atoms with Crippen molar-refractivity contribution in [2.45, 2.75) is 46.2 Å². The Balaban J connectivity index is 1.63. The number of aryl methyl sites for hydroxylation is 2. The summed E-state index contributed by atoms with van der Waals surface area (Å²) < 4.78 is 5.51. The fourth-order valence-electron chi connectivity index (χ4n) is 3.59. The number of para-hydroxylation sites is 1. The van der Waals surface area contributed by atoms with Gasteiger partial charge in [0, 0.05) is 30.4 Å². The van der Waals surface area contributed by atoms with E-state index in [2.05, 4.69) is 42.3 Å². The Morgan fingerprint density at radius 3 is 2.81 bits per heavy atom. The molecule has 2 aromatic rings. The smallest absolute Gasteiger partial charge is 0.162 e. The highest BCUT2D eigenvalue weighted by molar-refractivity contribution is 5.49. The highest BCUT2D eigenvalue weighted by Gasteiger charge is 2.21. The van der Waals surface area contributed by atoms with Crippen molar-refractivity contribution in [2.24, 2.45) is 0 Å². The van der Waals surface area contributed by atoms with E-state index in [0.29, 0.717) is 18.4 Å². The van der Waals surface area contributed by atoms with E-state index in [1.807, 2.05) is 25.1 Å². The Morgan fingerprint density at radius 1 is 1.19 bits per heavy atom. The lowest BCUT2D eigenvalue weighted by molar-refractivity contribution is 0.205. The van der Waals surface area contributed by atoms with Gasteiger partial charge < -0.3 is 15.2 Å². The van der Waals surface area contributed by atoms with Gasteiger partial charge in [-0.05, 0) is 69.5 Å². The molecular formula is C22H30N2O2. The number of phenols is 1. The van der Waals surface area contributed by atoms with Crippen molar-refractivity contribution in [1.29, 1.82) is 0 Å². The minimum absolute atomic E-state index is 0.276. The molecule has 2 N–H and O–H groups in total. The van der Waals surface area contributed by atoms with E-state index in [1.54, 1.807) is 0 Å². The van der Waals surface area contributed by atoms with Crippen LogP contribution in [0.2, 0.25) is 0 Å². The molecule has 0 spiro atoms. The van der Waals surface area contributed by atoms with Crippen LogP contribution >= 0.6 is 0 Å². The summed E-state index contributed by atoms with van der Waals surface area (Å²) in [4.78, 5) is 2.41. The number of likely N-dealkylation sites (tertiary alicyclic amines) is 1. The molecule has 0 aromatic heterocycles. The number of ether oxygens (including phenoxy) is 1. The third kappa shape index (κ3) is 4.50. The van der Waals surface area contributed by atoms with Crippen molar-refractivity contribution in [1.82, 2.24) is 4.90 Å². The molecular weight excluding hydrogens is 324 g/mol. The molecule has 1 aliphatic heterocycles. The summed E-state index contributed by atoms with van der Waals surface area (Å²) in [6.45, 7) is 9.57. The lowest BCUT2D eigenvalue weighted by Crippen LogP contribution is -2.41. The van der Waals surface area contributed by atoms with Gasteiger partial charge in [-0.25, -0.2) is 0 Å². The lowest BCUT2D eigenvalue weighted by Gasteiger charge is -2.34. The van der Waals surface area contributed by atoms with E-state index in [1.165, 1.54) is 23.2 Å². The lowest BCUT2D eigenvalue weighted by atomic mass is 10.0. The van der Waals surface area contributed by atoms with E-state index >= 15 is 0 Å². The predicted molar refractivity (Wildman–Crippen MR) is 107 cm³/mol. The number of aromatic hydroxyl groups is 1. The first-order valence-electron chi connectivity index (χ1n) is 9.56. The van der Waals surface area contributed by atoms with E-state index < -0.39 is 0 Å². The van der Waals surface area contributed by atoms with Gasteiger partial charge >= 0.3 is 0 Å². The van der Waals surface area contributed by atoms with Crippen molar-refractivity contribution >= 4 is 5.69 Å². The van der Waals surface area contributed by atoms with Gasteiger partial charge in [-0.2, -0.15) is 0 Å². The monoisotopic (exact) mass is 354 g/mol. The molecule has 1 atom stereocenters. The number of hydrogen-bond acceptors (Lipinski definition) is 4. The summed E-state index contributed by atoms with van der Waals surface area (Å²) >= 11 is 0. The van der Waals surface area contributed by atoms with Crippen molar-refractivity contribution in [3.05, 3.63) is 53.1 Å². The van der Waals surface area contributed by atoms with Crippen LogP contribution in [0.3, 0.4) is 0 Å². The Labute approximate surface area is 156 Å². The molecule has 0 bridgehead atoms. The zero-order chi connectivity index (χ0) is 18.5. The maximum Gasteiger partial charge on any atom is 0.162 e. The zero-order valence-electron chi connectivity index (χ0n) is 16.1. The van der Waals surface area contributed by atoms with Gasteiger partial charge in [0.25, 0.3) is 0 Å². The number of benzene rings is 2. The summed E-state index contributed by atoms with van der Waals surface area (Å²) in [5.41, 5.74) is 4.77. The van der Waals surface area contributed by atoms with Crippen LogP contribution in [0.15, 0.2) is 36.4 Å². The fourth-order valence-corrected chi connectivity index (χ4v) is 3.59. The van der Waals surface area contributed by atoms with Gasteiger partial charge in [-0.1, -0.05) is 18.2 Å². The standard InChI is InChI=1S/C22H30N2O2/c1-4-26-21-9-5-7-18(22(21)25)14-24-12-6-8-20(15-24)23-19-11-10-16(2)17(3)13-19/h5,7,9-11,13,20,23,25H,4,6,8,12,14-15H2,1-3H3/t20-/m1/s1. The third-order valence-corrected chi connectivity index (χ3v) is 5.16. The molecule has 0 amide bonds. The summed E-state index contributed by atoms with van der Waals surface area (Å²) in [7, 11) is 0. The number of piperidine rings is 1. The first-order valence-corrected chi connectivity index (χ1v) is 9.56. The molecule has 4 nitrogen and oxygen atoms in total. The Kier molecular flexibility index (Phi) is 6.04. The third-order valence-electron chi connectivity index (χ3n) is 5.16. The van der Waals surface area contributed by atoms with E-state index in [0.717, 1.165) is 31.6 Å².